The summed E-state index contributed by atoms with van der Waals surface area (Å²) in [5, 5.41) is 0. The molecule has 0 aromatic heterocycles. The van der Waals surface area contributed by atoms with Gasteiger partial charge in [0.25, 0.3) is 0 Å². The highest BCUT2D eigenvalue weighted by Gasteiger charge is 2.41. The van der Waals surface area contributed by atoms with Crippen LogP contribution < -0.4 is 0 Å². The Kier molecular flexibility index (Phi) is 4.45. The SMILES string of the molecule is CN1CCN(CCC2CCCO2)C2(CCCCC2)C1. The number of hydrogen-bond donors (Lipinski definition) is 0. The summed E-state index contributed by atoms with van der Waals surface area (Å²) in [6.07, 6.45) is 11.5. The van der Waals surface area contributed by atoms with E-state index < -0.39 is 0 Å². The second-order valence-electron chi connectivity index (χ2n) is 6.93. The predicted octanol–water partition coefficient (Wildman–Crippen LogP) is 2.51. The average Bonchev–Trinajstić information content (AvgIpc) is 2.92. The molecule has 1 unspecified atom stereocenters. The van der Waals surface area contributed by atoms with Gasteiger partial charge in [-0.1, -0.05) is 19.3 Å². The van der Waals surface area contributed by atoms with Gasteiger partial charge in [-0.15, -0.1) is 0 Å². The van der Waals surface area contributed by atoms with Crippen molar-refractivity contribution in [2.75, 3.05) is 39.8 Å². The average molecular weight is 266 g/mol. The fraction of sp³-hybridized carbons (Fsp3) is 1.00. The number of likely N-dealkylation sites (N-methyl/N-ethyl adjacent to an activating group) is 1. The first-order valence-corrected chi connectivity index (χ1v) is 8.34. The quantitative estimate of drug-likeness (QED) is 0.780. The minimum Gasteiger partial charge on any atom is -0.378 e. The van der Waals surface area contributed by atoms with Gasteiger partial charge in [-0.3, -0.25) is 4.90 Å². The summed E-state index contributed by atoms with van der Waals surface area (Å²) in [6, 6.07) is 0. The molecule has 2 heterocycles. The van der Waals surface area contributed by atoms with Crippen molar-refractivity contribution >= 4 is 0 Å². The monoisotopic (exact) mass is 266 g/mol. The van der Waals surface area contributed by atoms with Crippen LogP contribution in [0.25, 0.3) is 0 Å². The van der Waals surface area contributed by atoms with Gasteiger partial charge >= 0.3 is 0 Å². The molecule has 2 aliphatic heterocycles. The molecule has 2 saturated heterocycles. The third-order valence-electron chi connectivity index (χ3n) is 5.52. The third kappa shape index (κ3) is 3.14. The Bertz CT molecular complexity index is 282. The highest BCUT2D eigenvalue weighted by Crippen LogP contribution is 2.36. The second kappa shape index (κ2) is 6.11. The number of rotatable bonds is 3. The van der Waals surface area contributed by atoms with Gasteiger partial charge in [-0.2, -0.15) is 0 Å². The summed E-state index contributed by atoms with van der Waals surface area (Å²) < 4.78 is 5.80. The molecule has 3 nitrogen and oxygen atoms in total. The standard InChI is InChI=1S/C16H30N2O/c1-17-11-12-18(10-7-15-6-5-13-19-15)16(14-17)8-3-2-4-9-16/h15H,2-14H2,1H3. The minimum absolute atomic E-state index is 0.504. The Labute approximate surface area is 118 Å². The first-order chi connectivity index (χ1) is 9.28. The summed E-state index contributed by atoms with van der Waals surface area (Å²) in [4.78, 5) is 5.38. The van der Waals surface area contributed by atoms with E-state index in [1.54, 1.807) is 0 Å². The Morgan fingerprint density at radius 1 is 1.11 bits per heavy atom. The van der Waals surface area contributed by atoms with Crippen LogP contribution in [0, 0.1) is 0 Å². The van der Waals surface area contributed by atoms with Crippen molar-refractivity contribution < 1.29 is 4.74 Å². The molecule has 0 aromatic carbocycles. The highest BCUT2D eigenvalue weighted by atomic mass is 16.5. The van der Waals surface area contributed by atoms with Gasteiger partial charge in [-0.05, 0) is 39.2 Å². The Balaban J connectivity index is 1.59. The van der Waals surface area contributed by atoms with E-state index in [0.717, 1.165) is 6.61 Å². The van der Waals surface area contributed by atoms with Crippen LogP contribution in [0.3, 0.4) is 0 Å². The zero-order chi connectivity index (χ0) is 13.1. The molecule has 1 aliphatic carbocycles. The molecule has 1 saturated carbocycles. The Morgan fingerprint density at radius 2 is 1.95 bits per heavy atom. The lowest BCUT2D eigenvalue weighted by atomic mass is 9.78. The van der Waals surface area contributed by atoms with Crippen LogP contribution in [0.4, 0.5) is 0 Å². The number of piperazine rings is 1. The molecule has 3 fully saturated rings. The zero-order valence-corrected chi connectivity index (χ0v) is 12.6. The maximum atomic E-state index is 5.80. The van der Waals surface area contributed by atoms with Crippen molar-refractivity contribution in [3.05, 3.63) is 0 Å². The molecule has 0 radical (unpaired) electrons. The molecule has 3 rings (SSSR count). The summed E-state index contributed by atoms with van der Waals surface area (Å²) >= 11 is 0. The lowest BCUT2D eigenvalue weighted by molar-refractivity contribution is -0.0268. The van der Waals surface area contributed by atoms with Gasteiger partial charge in [0, 0.05) is 38.3 Å². The highest BCUT2D eigenvalue weighted by molar-refractivity contribution is 4.98. The van der Waals surface area contributed by atoms with Gasteiger partial charge in [0.1, 0.15) is 0 Å². The lowest BCUT2D eigenvalue weighted by Crippen LogP contribution is -2.62. The maximum Gasteiger partial charge on any atom is 0.0588 e. The van der Waals surface area contributed by atoms with Crippen molar-refractivity contribution in [2.45, 2.75) is 63.0 Å². The zero-order valence-electron chi connectivity index (χ0n) is 12.6. The van der Waals surface area contributed by atoms with E-state index in [-0.39, 0.29) is 0 Å². The molecule has 19 heavy (non-hydrogen) atoms. The smallest absolute Gasteiger partial charge is 0.0588 e. The summed E-state index contributed by atoms with van der Waals surface area (Å²) in [7, 11) is 2.30. The van der Waals surface area contributed by atoms with Gasteiger partial charge < -0.3 is 9.64 Å². The summed E-state index contributed by atoms with van der Waals surface area (Å²) in [6.45, 7) is 6.06. The number of nitrogens with zero attached hydrogens (tertiary/aromatic N) is 2. The normalized spacial score (nSPS) is 33.0. The van der Waals surface area contributed by atoms with Gasteiger partial charge in [0.2, 0.25) is 0 Å². The molecule has 110 valence electrons. The molecule has 1 spiro atoms. The van der Waals surface area contributed by atoms with Crippen LogP contribution in [0.1, 0.15) is 51.4 Å². The van der Waals surface area contributed by atoms with Crippen molar-refractivity contribution in [2.24, 2.45) is 0 Å². The van der Waals surface area contributed by atoms with Crippen molar-refractivity contribution in [1.29, 1.82) is 0 Å². The van der Waals surface area contributed by atoms with Crippen molar-refractivity contribution in [3.63, 3.8) is 0 Å². The lowest BCUT2D eigenvalue weighted by Gasteiger charge is -2.52. The van der Waals surface area contributed by atoms with Crippen LogP contribution in [0.15, 0.2) is 0 Å². The molecule has 3 aliphatic rings. The topological polar surface area (TPSA) is 15.7 Å². The van der Waals surface area contributed by atoms with Crippen LogP contribution in [0.5, 0.6) is 0 Å². The predicted molar refractivity (Wildman–Crippen MR) is 78.5 cm³/mol. The van der Waals surface area contributed by atoms with E-state index in [4.69, 9.17) is 4.74 Å². The molecule has 1 atom stereocenters. The Morgan fingerprint density at radius 3 is 2.68 bits per heavy atom. The van der Waals surface area contributed by atoms with Crippen molar-refractivity contribution in [1.82, 2.24) is 9.80 Å². The van der Waals surface area contributed by atoms with Gasteiger partial charge in [-0.25, -0.2) is 0 Å². The fourth-order valence-corrected chi connectivity index (χ4v) is 4.42. The minimum atomic E-state index is 0.504. The molecular formula is C16H30N2O. The van der Waals surface area contributed by atoms with Gasteiger partial charge in [0.15, 0.2) is 0 Å². The van der Waals surface area contributed by atoms with E-state index in [2.05, 4.69) is 16.8 Å². The third-order valence-corrected chi connectivity index (χ3v) is 5.52. The van der Waals surface area contributed by atoms with E-state index in [1.807, 2.05) is 0 Å². The molecule has 0 bridgehead atoms. The van der Waals surface area contributed by atoms with Gasteiger partial charge in [0.05, 0.1) is 6.10 Å². The summed E-state index contributed by atoms with van der Waals surface area (Å²) in [5.41, 5.74) is 0.504. The van der Waals surface area contributed by atoms with Crippen molar-refractivity contribution in [3.8, 4) is 0 Å². The molecule has 0 N–H and O–H groups in total. The summed E-state index contributed by atoms with van der Waals surface area (Å²) in [5.74, 6) is 0. The largest absolute Gasteiger partial charge is 0.378 e. The molecular weight excluding hydrogens is 236 g/mol. The van der Waals surface area contributed by atoms with E-state index >= 15 is 0 Å². The molecule has 3 heteroatoms. The van der Waals surface area contributed by atoms with Crippen LogP contribution in [0.2, 0.25) is 0 Å². The second-order valence-corrected chi connectivity index (χ2v) is 6.93. The first kappa shape index (κ1) is 13.8. The number of ether oxygens (including phenoxy) is 1. The number of hydrogen-bond acceptors (Lipinski definition) is 3. The van der Waals surface area contributed by atoms with Crippen LogP contribution in [-0.2, 0) is 4.74 Å². The fourth-order valence-electron chi connectivity index (χ4n) is 4.42. The van der Waals surface area contributed by atoms with Crippen LogP contribution in [-0.4, -0.2) is 61.3 Å². The van der Waals surface area contributed by atoms with E-state index in [0.29, 0.717) is 11.6 Å². The Hall–Kier alpha value is -0.120. The van der Waals surface area contributed by atoms with E-state index in [9.17, 15) is 0 Å². The maximum absolute atomic E-state index is 5.80. The first-order valence-electron chi connectivity index (χ1n) is 8.34. The van der Waals surface area contributed by atoms with Crippen LogP contribution >= 0.6 is 0 Å². The van der Waals surface area contributed by atoms with E-state index in [1.165, 1.54) is 77.5 Å². The molecule has 0 amide bonds. The molecule has 0 aromatic rings.